The van der Waals surface area contributed by atoms with Crippen molar-refractivity contribution in [2.75, 3.05) is 0 Å². The molecule has 0 bridgehead atoms. The van der Waals surface area contributed by atoms with Crippen molar-refractivity contribution in [1.29, 1.82) is 0 Å². The lowest BCUT2D eigenvalue weighted by Crippen LogP contribution is -1.97. The molecule has 0 N–H and O–H groups in total. The van der Waals surface area contributed by atoms with Crippen LogP contribution in [-0.4, -0.2) is 33.2 Å². The minimum atomic E-state index is 0.933. The van der Waals surface area contributed by atoms with Crippen molar-refractivity contribution >= 4 is 152 Å². The maximum Gasteiger partial charge on any atom is 0.145 e. The molecule has 0 fully saturated rings. The van der Waals surface area contributed by atoms with E-state index in [1.807, 2.05) is 30.6 Å². The van der Waals surface area contributed by atoms with Crippen molar-refractivity contribution < 1.29 is 0 Å². The number of pyridine rings is 2. The van der Waals surface area contributed by atoms with Gasteiger partial charge in [0.15, 0.2) is 0 Å². The Kier molecular flexibility index (Phi) is 19.1. The second-order valence-electron chi connectivity index (χ2n) is 33.2. The van der Waals surface area contributed by atoms with Crippen LogP contribution in [0.2, 0.25) is 0 Å². The molecule has 0 aliphatic rings. The molecule has 0 aliphatic heterocycles. The Morgan fingerprint density at radius 2 is 0.554 bits per heavy atom. The lowest BCUT2D eigenvalue weighted by molar-refractivity contribution is 1.10. The SMILES string of the molecule is c1ccc(-c2cc3ccccc3c3c2c2ccccc2n3-c2ccccc2)cc1.c1ccc(-n2c(-c3ccc(-c4ccc5c(-c6ccc7ccccc7c6)c6ccccc6c(-c6ccc7ccccc7c6)c5c4)cc3)nc3ccccc32)cc1.c1ccc(-n2c3ccccc3c3c4ccccc4ncc32)cc1.c1ccc(-n2c3ccccc3c3cnc4ccccc4c32)cc1. The van der Waals surface area contributed by atoms with E-state index >= 15 is 0 Å². The maximum absolute atomic E-state index is 5.12. The normalized spacial score (nSPS) is 11.5. The van der Waals surface area contributed by atoms with Gasteiger partial charge in [-0.1, -0.05) is 364 Å². The van der Waals surface area contributed by atoms with E-state index in [9.17, 15) is 0 Å². The first kappa shape index (κ1) is 76.3. The van der Waals surface area contributed by atoms with Crippen molar-refractivity contribution in [2.24, 2.45) is 0 Å². The first-order valence-electron chi connectivity index (χ1n) is 44.4. The third kappa shape index (κ3) is 13.3. The Hall–Kier alpha value is -17.4. The van der Waals surface area contributed by atoms with Crippen molar-refractivity contribution in [3.63, 3.8) is 0 Å². The van der Waals surface area contributed by atoms with Crippen LogP contribution in [0.1, 0.15) is 0 Å². The molecule has 0 spiro atoms. The largest absolute Gasteiger partial charge is 0.309 e. The molecule has 6 heterocycles. The molecule has 0 radical (unpaired) electrons. The molecule has 130 heavy (non-hydrogen) atoms. The molecule has 0 saturated heterocycles. The molecule has 0 unspecified atom stereocenters. The van der Waals surface area contributed by atoms with Crippen LogP contribution >= 0.6 is 0 Å². The van der Waals surface area contributed by atoms with Crippen molar-refractivity contribution in [1.82, 2.24) is 33.2 Å². The van der Waals surface area contributed by atoms with Crippen molar-refractivity contribution in [2.45, 2.75) is 0 Å². The average molecular weight is 1660 g/mol. The van der Waals surface area contributed by atoms with E-state index in [0.29, 0.717) is 0 Å². The smallest absolute Gasteiger partial charge is 0.145 e. The summed E-state index contributed by atoms with van der Waals surface area (Å²) in [7, 11) is 0. The molecule has 0 amide bonds. The summed E-state index contributed by atoms with van der Waals surface area (Å²) in [6.07, 6.45) is 3.99. The van der Waals surface area contributed by atoms with Crippen LogP contribution in [-0.2, 0) is 0 Å². The third-order valence-corrected chi connectivity index (χ3v) is 25.8. The Bertz CT molecular complexity index is 9020. The molecular formula is C123H81N7. The summed E-state index contributed by atoms with van der Waals surface area (Å²) in [5.41, 5.74) is 27.0. The van der Waals surface area contributed by atoms with Crippen LogP contribution in [0.5, 0.6) is 0 Å². The van der Waals surface area contributed by atoms with Crippen LogP contribution in [0.3, 0.4) is 0 Å². The van der Waals surface area contributed by atoms with Gasteiger partial charge < -0.3 is 13.7 Å². The molecule has 7 nitrogen and oxygen atoms in total. The quantitative estimate of drug-likeness (QED) is 0.135. The predicted molar refractivity (Wildman–Crippen MR) is 549 cm³/mol. The summed E-state index contributed by atoms with van der Waals surface area (Å²) in [6.45, 7) is 0. The number of benzene rings is 21. The molecule has 0 aliphatic carbocycles. The Morgan fingerprint density at radius 1 is 0.169 bits per heavy atom. The number of aromatic nitrogens is 7. The van der Waals surface area contributed by atoms with Gasteiger partial charge in [0.05, 0.1) is 61.4 Å². The van der Waals surface area contributed by atoms with Crippen LogP contribution < -0.4 is 0 Å². The van der Waals surface area contributed by atoms with Gasteiger partial charge in [0.2, 0.25) is 0 Å². The molecule has 0 saturated carbocycles. The van der Waals surface area contributed by atoms with E-state index in [-0.39, 0.29) is 0 Å². The highest BCUT2D eigenvalue weighted by molar-refractivity contribution is 6.26. The summed E-state index contributed by atoms with van der Waals surface area (Å²) in [5.74, 6) is 0.933. The van der Waals surface area contributed by atoms with Gasteiger partial charge in [-0.2, -0.15) is 0 Å². The number of nitrogens with zero attached hydrogens (tertiary/aromatic N) is 7. The maximum atomic E-state index is 5.12. The van der Waals surface area contributed by atoms with Gasteiger partial charge in [-0.15, -0.1) is 0 Å². The number of rotatable bonds is 9. The van der Waals surface area contributed by atoms with Gasteiger partial charge >= 0.3 is 0 Å². The number of para-hydroxylation sites is 11. The molecule has 0 atom stereocenters. The summed E-state index contributed by atoms with van der Waals surface area (Å²) < 4.78 is 9.31. The standard InChI is InChI=1S/C53H34N2.C28H19N.2C21H14N2/c1-2-16-44(17-3-1)55-50-21-11-10-20-49(50)54-53(55)38-26-22-37(23-27-38)41-30-31-47-48(34-41)52(43-29-25-36-13-5-7-15-40(36)33-43)46-19-9-8-18-45(46)51(47)42-28-24-35-12-4-6-14-39(35)32-42;1-3-11-20(12-4-1)25-19-21-13-7-8-16-23(21)28-27(25)24-17-9-10-18-26(24)29(28)22-14-5-2-6-15-22;1-2-8-15(9-3-1)23-20-13-7-5-10-16(20)18-14-22-19-12-6-4-11-17(19)21(18)23;1-2-8-15(9-3-1)23-19-13-7-5-11-17(19)21-16-10-4-6-12-18(16)22-14-20(21)23/h1-34H;1-19H;2*1-14H. The fourth-order valence-electron chi connectivity index (χ4n) is 19.9. The first-order chi connectivity index (χ1) is 64.5. The number of fused-ring (bicyclic) bond motifs is 20. The number of hydrogen-bond donors (Lipinski definition) is 0. The lowest BCUT2D eigenvalue weighted by Gasteiger charge is -2.19. The van der Waals surface area contributed by atoms with Gasteiger partial charge in [-0.25, -0.2) is 4.98 Å². The second-order valence-corrected chi connectivity index (χ2v) is 33.2. The highest BCUT2D eigenvalue weighted by atomic mass is 15.1. The summed E-state index contributed by atoms with van der Waals surface area (Å²) in [6, 6.07) is 171. The summed E-state index contributed by atoms with van der Waals surface area (Å²) in [5, 5.41) is 22.5. The van der Waals surface area contributed by atoms with Crippen LogP contribution in [0.15, 0.2) is 492 Å². The highest BCUT2D eigenvalue weighted by Gasteiger charge is 2.24. The zero-order valence-electron chi connectivity index (χ0n) is 70.9. The van der Waals surface area contributed by atoms with Gasteiger partial charge in [0.1, 0.15) is 5.82 Å². The highest BCUT2D eigenvalue weighted by Crippen LogP contribution is 2.48. The molecule has 27 aromatic rings. The van der Waals surface area contributed by atoms with E-state index in [1.54, 1.807) is 0 Å². The summed E-state index contributed by atoms with van der Waals surface area (Å²) >= 11 is 0. The molecular weight excluding hydrogens is 1580 g/mol. The van der Waals surface area contributed by atoms with Crippen LogP contribution in [0, 0.1) is 0 Å². The van der Waals surface area contributed by atoms with Gasteiger partial charge in [0.25, 0.3) is 0 Å². The minimum Gasteiger partial charge on any atom is -0.309 e. The Balaban J connectivity index is 0.000000105. The van der Waals surface area contributed by atoms with Crippen molar-refractivity contribution in [3.05, 3.63) is 492 Å². The molecule has 21 aromatic carbocycles. The Labute approximate surface area is 750 Å². The van der Waals surface area contributed by atoms with Gasteiger partial charge in [-0.05, 0) is 208 Å². The van der Waals surface area contributed by atoms with E-state index in [1.165, 1.54) is 175 Å². The van der Waals surface area contributed by atoms with Crippen LogP contribution in [0.4, 0.5) is 0 Å². The van der Waals surface area contributed by atoms with Gasteiger partial charge in [0, 0.05) is 83.0 Å². The zero-order valence-corrected chi connectivity index (χ0v) is 70.9. The van der Waals surface area contributed by atoms with Gasteiger partial charge in [-0.3, -0.25) is 14.5 Å². The number of imidazole rings is 1. The van der Waals surface area contributed by atoms with Crippen LogP contribution in [0.25, 0.3) is 231 Å². The third-order valence-electron chi connectivity index (χ3n) is 25.8. The fourth-order valence-corrected chi connectivity index (χ4v) is 19.9. The predicted octanol–water partition coefficient (Wildman–Crippen LogP) is 32.6. The second kappa shape index (κ2) is 32.6. The average Bonchev–Trinajstić information content (AvgIpc) is 1.35. The molecule has 7 heteroatoms. The Morgan fingerprint density at radius 3 is 1.15 bits per heavy atom. The number of hydrogen-bond acceptors (Lipinski definition) is 3. The fraction of sp³-hybridized carbons (Fsp3) is 0. The van der Waals surface area contributed by atoms with E-state index in [0.717, 1.165) is 55.9 Å². The molecule has 6 aromatic heterocycles. The van der Waals surface area contributed by atoms with Crippen molar-refractivity contribution in [3.8, 4) is 78.6 Å². The monoisotopic (exact) mass is 1660 g/mol. The summed E-state index contributed by atoms with van der Waals surface area (Å²) in [4.78, 5) is 14.4. The minimum absolute atomic E-state index is 0.933. The van der Waals surface area contributed by atoms with E-state index in [4.69, 9.17) is 4.98 Å². The van der Waals surface area contributed by atoms with E-state index < -0.39 is 0 Å². The van der Waals surface area contributed by atoms with E-state index in [2.05, 4.69) is 489 Å². The first-order valence-corrected chi connectivity index (χ1v) is 44.4. The zero-order chi connectivity index (χ0) is 86.0. The topological polar surface area (TPSA) is 58.4 Å². The molecule has 608 valence electrons. The lowest BCUT2D eigenvalue weighted by atomic mass is 9.84. The molecule has 27 rings (SSSR count).